The normalized spacial score (nSPS) is 22.3. The van der Waals surface area contributed by atoms with Crippen LogP contribution in [0.5, 0.6) is 0 Å². The van der Waals surface area contributed by atoms with Crippen molar-refractivity contribution < 1.29 is 9.59 Å². The van der Waals surface area contributed by atoms with E-state index in [-0.39, 0.29) is 24.4 Å². The zero-order chi connectivity index (χ0) is 14.7. The molecule has 7 heteroatoms. The van der Waals surface area contributed by atoms with Crippen LogP contribution >= 0.6 is 0 Å². The molecular weight excluding hydrogens is 270 g/mol. The number of aromatic nitrogens is 2. The molecule has 3 N–H and O–H groups in total. The highest BCUT2D eigenvalue weighted by molar-refractivity contribution is 5.77. The van der Waals surface area contributed by atoms with Gasteiger partial charge in [0.25, 0.3) is 0 Å². The fourth-order valence-electron chi connectivity index (χ4n) is 2.51. The lowest BCUT2D eigenvalue weighted by molar-refractivity contribution is -0.122. The smallest absolute Gasteiger partial charge is 0.241 e. The largest absolute Gasteiger partial charge is 0.379 e. The maximum Gasteiger partial charge on any atom is 0.241 e. The number of carbonyl (C=O) groups excluding carboxylic acids is 2. The van der Waals surface area contributed by atoms with E-state index in [9.17, 15) is 9.59 Å². The first-order valence-electron chi connectivity index (χ1n) is 7.54. The van der Waals surface area contributed by atoms with E-state index < -0.39 is 0 Å². The highest BCUT2D eigenvalue weighted by Crippen LogP contribution is 2.18. The lowest BCUT2D eigenvalue weighted by atomic mass is 10.1. The highest BCUT2D eigenvalue weighted by atomic mass is 16.2. The van der Waals surface area contributed by atoms with E-state index in [1.54, 1.807) is 10.9 Å². The second-order valence-corrected chi connectivity index (χ2v) is 5.81. The molecule has 1 aromatic rings. The maximum atomic E-state index is 11.7. The van der Waals surface area contributed by atoms with E-state index in [0.29, 0.717) is 12.5 Å². The van der Waals surface area contributed by atoms with Crippen LogP contribution in [0.15, 0.2) is 12.4 Å². The summed E-state index contributed by atoms with van der Waals surface area (Å²) in [5.74, 6) is 0.0854. The topological polar surface area (TPSA) is 88.0 Å². The van der Waals surface area contributed by atoms with Crippen LogP contribution in [0.3, 0.4) is 0 Å². The number of carbonyl (C=O) groups is 2. The molecule has 2 aliphatic rings. The first-order chi connectivity index (χ1) is 10.2. The minimum atomic E-state index is 0.000921. The number of hydrogen-bond donors (Lipinski definition) is 3. The summed E-state index contributed by atoms with van der Waals surface area (Å²) in [7, 11) is 0. The van der Waals surface area contributed by atoms with Gasteiger partial charge in [-0.05, 0) is 25.7 Å². The standard InChI is InChI=1S/C14H21N5O2/c20-13-6-11(2-1-5-15-13)17-12-7-16-19(8-12)9-14(21)18-10-3-4-10/h7-8,10-11,17H,1-6,9H2,(H,15,20)(H,18,21). The van der Waals surface area contributed by atoms with Crippen molar-refractivity contribution in [3.8, 4) is 0 Å². The zero-order valence-corrected chi connectivity index (χ0v) is 12.0. The van der Waals surface area contributed by atoms with Crippen molar-refractivity contribution in [1.82, 2.24) is 20.4 Å². The SMILES string of the molecule is O=C1CC(Nc2cnn(CC(=O)NC3CC3)c2)CCCN1. The minimum absolute atomic E-state index is 0.000921. The molecule has 0 spiro atoms. The number of amides is 2. The van der Waals surface area contributed by atoms with E-state index in [1.165, 1.54) is 0 Å². The average Bonchev–Trinajstić information content (AvgIpc) is 3.17. The second kappa shape index (κ2) is 6.15. The Balaban J connectivity index is 1.51. The third-order valence-electron chi connectivity index (χ3n) is 3.74. The van der Waals surface area contributed by atoms with Gasteiger partial charge in [-0.15, -0.1) is 0 Å². The van der Waals surface area contributed by atoms with Crippen molar-refractivity contribution in [2.45, 2.75) is 50.7 Å². The molecule has 21 heavy (non-hydrogen) atoms. The maximum absolute atomic E-state index is 11.7. The molecule has 1 aliphatic heterocycles. The molecule has 0 bridgehead atoms. The van der Waals surface area contributed by atoms with Gasteiger partial charge in [0.1, 0.15) is 6.54 Å². The average molecular weight is 291 g/mol. The minimum Gasteiger partial charge on any atom is -0.379 e. The predicted molar refractivity (Wildman–Crippen MR) is 77.7 cm³/mol. The Morgan fingerprint density at radius 1 is 1.38 bits per heavy atom. The molecule has 2 heterocycles. The molecule has 0 radical (unpaired) electrons. The molecular formula is C14H21N5O2. The van der Waals surface area contributed by atoms with Gasteiger partial charge in [-0.25, -0.2) is 0 Å². The summed E-state index contributed by atoms with van der Waals surface area (Å²) >= 11 is 0. The fraction of sp³-hybridized carbons (Fsp3) is 0.643. The van der Waals surface area contributed by atoms with E-state index in [4.69, 9.17) is 0 Å². The number of rotatable bonds is 5. The molecule has 1 unspecified atom stereocenters. The predicted octanol–water partition coefficient (Wildman–Crippen LogP) is 0.242. The number of hydrogen-bond acceptors (Lipinski definition) is 4. The molecule has 1 saturated carbocycles. The monoisotopic (exact) mass is 291 g/mol. The van der Waals surface area contributed by atoms with Crippen molar-refractivity contribution >= 4 is 17.5 Å². The van der Waals surface area contributed by atoms with Gasteiger partial charge >= 0.3 is 0 Å². The van der Waals surface area contributed by atoms with Crippen LogP contribution in [0.4, 0.5) is 5.69 Å². The van der Waals surface area contributed by atoms with Gasteiger partial charge in [0.05, 0.1) is 11.9 Å². The van der Waals surface area contributed by atoms with Crippen LogP contribution in [0.25, 0.3) is 0 Å². The Morgan fingerprint density at radius 2 is 2.24 bits per heavy atom. The molecule has 2 amide bonds. The van der Waals surface area contributed by atoms with Gasteiger partial charge in [-0.2, -0.15) is 5.10 Å². The highest BCUT2D eigenvalue weighted by Gasteiger charge is 2.23. The summed E-state index contributed by atoms with van der Waals surface area (Å²) in [6.45, 7) is 0.987. The Kier molecular flexibility index (Phi) is 4.08. The molecule has 1 aromatic heterocycles. The molecule has 0 aromatic carbocycles. The number of nitrogens with zero attached hydrogens (tertiary/aromatic N) is 2. The summed E-state index contributed by atoms with van der Waals surface area (Å²) in [5, 5.41) is 13.3. The molecule has 1 atom stereocenters. The van der Waals surface area contributed by atoms with Crippen molar-refractivity contribution in [2.75, 3.05) is 11.9 Å². The van der Waals surface area contributed by atoms with E-state index in [0.717, 1.165) is 37.9 Å². The van der Waals surface area contributed by atoms with Gasteiger partial charge in [0.15, 0.2) is 0 Å². The summed E-state index contributed by atoms with van der Waals surface area (Å²) in [6, 6.07) is 0.501. The van der Waals surface area contributed by atoms with E-state index in [2.05, 4.69) is 21.0 Å². The van der Waals surface area contributed by atoms with Gasteiger partial charge in [-0.3, -0.25) is 14.3 Å². The van der Waals surface area contributed by atoms with Crippen molar-refractivity contribution in [3.05, 3.63) is 12.4 Å². The lowest BCUT2D eigenvalue weighted by Crippen LogP contribution is -2.29. The molecule has 114 valence electrons. The van der Waals surface area contributed by atoms with Crippen LogP contribution in [0.1, 0.15) is 32.1 Å². The van der Waals surface area contributed by atoms with Crippen LogP contribution in [-0.2, 0) is 16.1 Å². The van der Waals surface area contributed by atoms with E-state index >= 15 is 0 Å². The van der Waals surface area contributed by atoms with Crippen molar-refractivity contribution in [3.63, 3.8) is 0 Å². The van der Waals surface area contributed by atoms with Crippen molar-refractivity contribution in [1.29, 1.82) is 0 Å². The summed E-state index contributed by atoms with van der Waals surface area (Å²) < 4.78 is 1.62. The first kappa shape index (κ1) is 13.9. The lowest BCUT2D eigenvalue weighted by Gasteiger charge is -2.14. The Hall–Kier alpha value is -2.05. The summed E-state index contributed by atoms with van der Waals surface area (Å²) in [6.07, 6.45) is 8.09. The van der Waals surface area contributed by atoms with E-state index in [1.807, 2.05) is 6.20 Å². The molecule has 2 fully saturated rings. The van der Waals surface area contributed by atoms with Crippen molar-refractivity contribution in [2.24, 2.45) is 0 Å². The van der Waals surface area contributed by atoms with Crippen LogP contribution in [0, 0.1) is 0 Å². The van der Waals surface area contributed by atoms with Crippen LogP contribution in [0.2, 0.25) is 0 Å². The Morgan fingerprint density at radius 3 is 3.05 bits per heavy atom. The zero-order valence-electron chi connectivity index (χ0n) is 12.0. The quantitative estimate of drug-likeness (QED) is 0.725. The Bertz CT molecular complexity index is 523. The molecule has 7 nitrogen and oxygen atoms in total. The van der Waals surface area contributed by atoms with Gasteiger partial charge < -0.3 is 16.0 Å². The summed E-state index contributed by atoms with van der Waals surface area (Å²) in [4.78, 5) is 23.2. The third-order valence-corrected chi connectivity index (χ3v) is 3.74. The number of nitrogens with one attached hydrogen (secondary N) is 3. The first-order valence-corrected chi connectivity index (χ1v) is 7.54. The molecule has 3 rings (SSSR count). The fourth-order valence-corrected chi connectivity index (χ4v) is 2.51. The van der Waals surface area contributed by atoms with Gasteiger partial charge in [0.2, 0.25) is 11.8 Å². The van der Waals surface area contributed by atoms with Gasteiger partial charge in [0, 0.05) is 31.2 Å². The van der Waals surface area contributed by atoms with Crippen LogP contribution < -0.4 is 16.0 Å². The van der Waals surface area contributed by atoms with Gasteiger partial charge in [-0.1, -0.05) is 0 Å². The molecule has 1 saturated heterocycles. The van der Waals surface area contributed by atoms with Crippen LogP contribution in [-0.4, -0.2) is 40.2 Å². The summed E-state index contributed by atoms with van der Waals surface area (Å²) in [5.41, 5.74) is 0.855. The molecule has 1 aliphatic carbocycles. The second-order valence-electron chi connectivity index (χ2n) is 5.81. The third kappa shape index (κ3) is 4.21. The Labute approximate surface area is 123 Å². The number of anilines is 1.